The van der Waals surface area contributed by atoms with Gasteiger partial charge in [0.15, 0.2) is 0 Å². The minimum absolute atomic E-state index is 0.0649. The molecule has 0 aliphatic rings. The van der Waals surface area contributed by atoms with Crippen LogP contribution in [0.3, 0.4) is 0 Å². The van der Waals surface area contributed by atoms with Crippen LogP contribution < -0.4 is 15.6 Å². The van der Waals surface area contributed by atoms with E-state index in [1.165, 1.54) is 10.6 Å². The zero-order chi connectivity index (χ0) is 18.5. The molecule has 3 aromatic rings. The fourth-order valence-electron chi connectivity index (χ4n) is 2.73. The van der Waals surface area contributed by atoms with E-state index in [-0.39, 0.29) is 18.0 Å². The first-order valence-corrected chi connectivity index (χ1v) is 8.14. The molecule has 0 spiro atoms. The lowest BCUT2D eigenvalue weighted by molar-refractivity contribution is -0.122. The summed E-state index contributed by atoms with van der Waals surface area (Å²) in [7, 11) is 3.46. The average Bonchev–Trinajstić information content (AvgIpc) is 3.07. The minimum atomic E-state index is -0.461. The third-order valence-electron chi connectivity index (χ3n) is 4.06. The van der Waals surface area contributed by atoms with Crippen molar-refractivity contribution in [2.24, 2.45) is 7.05 Å². The van der Waals surface area contributed by atoms with Gasteiger partial charge in [-0.2, -0.15) is 0 Å². The van der Waals surface area contributed by atoms with E-state index in [2.05, 4.69) is 10.3 Å². The Labute approximate surface area is 150 Å². The first-order valence-electron chi connectivity index (χ1n) is 8.14. The van der Waals surface area contributed by atoms with Crippen LogP contribution in [0.2, 0.25) is 0 Å². The summed E-state index contributed by atoms with van der Waals surface area (Å²) in [5.74, 6) is 1.09. The number of imidazole rings is 1. The van der Waals surface area contributed by atoms with Gasteiger partial charge in [-0.3, -0.25) is 9.59 Å². The smallest absolute Gasteiger partial charge is 0.250 e. The predicted octanol–water partition coefficient (Wildman–Crippen LogP) is 1.50. The third-order valence-corrected chi connectivity index (χ3v) is 4.06. The summed E-state index contributed by atoms with van der Waals surface area (Å²) in [5.41, 5.74) is 0.616. The monoisotopic (exact) mass is 352 g/mol. The summed E-state index contributed by atoms with van der Waals surface area (Å²) in [6, 6.07) is 11.8. The molecule has 26 heavy (non-hydrogen) atoms. The molecule has 1 atom stereocenters. The van der Waals surface area contributed by atoms with Crippen molar-refractivity contribution in [1.29, 1.82) is 0 Å². The van der Waals surface area contributed by atoms with Gasteiger partial charge >= 0.3 is 0 Å². The van der Waals surface area contributed by atoms with Crippen LogP contribution in [0.1, 0.15) is 17.4 Å². The van der Waals surface area contributed by atoms with Gasteiger partial charge in [-0.25, -0.2) is 4.98 Å². The second-order valence-electron chi connectivity index (χ2n) is 5.84. The van der Waals surface area contributed by atoms with E-state index < -0.39 is 6.04 Å². The Hall–Kier alpha value is -3.35. The number of amides is 1. The summed E-state index contributed by atoms with van der Waals surface area (Å²) in [5, 5.41) is 2.97. The van der Waals surface area contributed by atoms with Crippen molar-refractivity contribution in [2.75, 3.05) is 7.11 Å². The van der Waals surface area contributed by atoms with Crippen molar-refractivity contribution in [2.45, 2.75) is 12.6 Å². The van der Waals surface area contributed by atoms with Gasteiger partial charge in [0.2, 0.25) is 5.91 Å². The average molecular weight is 352 g/mol. The van der Waals surface area contributed by atoms with Crippen LogP contribution >= 0.6 is 0 Å². The Morgan fingerprint density at radius 3 is 2.77 bits per heavy atom. The molecule has 0 bridgehead atoms. The standard InChI is InChI=1S/C19H20N4O3/c1-22-11-9-20-19(22)18(14-6-5-7-15(12-14)26-2)21-16(24)13-23-10-4-3-8-17(23)25/h3-12,18H,13H2,1-2H3,(H,21,24). The molecule has 0 aliphatic carbocycles. The van der Waals surface area contributed by atoms with Crippen LogP contribution in [-0.4, -0.2) is 27.1 Å². The molecule has 1 N–H and O–H groups in total. The van der Waals surface area contributed by atoms with E-state index in [0.717, 1.165) is 5.56 Å². The molecule has 2 heterocycles. The maximum Gasteiger partial charge on any atom is 0.250 e. The van der Waals surface area contributed by atoms with Crippen molar-refractivity contribution in [3.63, 3.8) is 0 Å². The highest BCUT2D eigenvalue weighted by Gasteiger charge is 2.21. The quantitative estimate of drug-likeness (QED) is 0.729. The van der Waals surface area contributed by atoms with E-state index in [1.807, 2.05) is 42.1 Å². The lowest BCUT2D eigenvalue weighted by Crippen LogP contribution is -2.35. The molecule has 1 amide bonds. The number of nitrogens with zero attached hydrogens (tertiary/aromatic N) is 3. The van der Waals surface area contributed by atoms with Crippen molar-refractivity contribution < 1.29 is 9.53 Å². The van der Waals surface area contributed by atoms with Gasteiger partial charge < -0.3 is 19.2 Å². The number of hydrogen-bond donors (Lipinski definition) is 1. The van der Waals surface area contributed by atoms with Gasteiger partial charge in [0.05, 0.1) is 7.11 Å². The number of carbonyl (C=O) groups is 1. The van der Waals surface area contributed by atoms with Gasteiger partial charge in [-0.1, -0.05) is 18.2 Å². The Morgan fingerprint density at radius 1 is 1.23 bits per heavy atom. The van der Waals surface area contributed by atoms with Crippen molar-refractivity contribution in [3.05, 3.63) is 82.8 Å². The Kier molecular flexibility index (Phi) is 5.17. The number of benzene rings is 1. The summed E-state index contributed by atoms with van der Waals surface area (Å²) in [4.78, 5) is 28.8. The summed E-state index contributed by atoms with van der Waals surface area (Å²) < 4.78 is 8.49. The fraction of sp³-hybridized carbons (Fsp3) is 0.211. The van der Waals surface area contributed by atoms with Gasteiger partial charge in [0, 0.05) is 31.7 Å². The first kappa shape index (κ1) is 17.5. The number of aryl methyl sites for hydroxylation is 1. The zero-order valence-electron chi connectivity index (χ0n) is 14.6. The maximum absolute atomic E-state index is 12.6. The molecule has 0 aliphatic heterocycles. The summed E-state index contributed by atoms with van der Waals surface area (Å²) in [6.45, 7) is -0.0649. The molecule has 0 radical (unpaired) electrons. The zero-order valence-corrected chi connectivity index (χ0v) is 14.6. The van der Waals surface area contributed by atoms with Crippen LogP contribution in [0.25, 0.3) is 0 Å². The molecule has 2 aromatic heterocycles. The number of aromatic nitrogens is 3. The number of nitrogens with one attached hydrogen (secondary N) is 1. The molecule has 3 rings (SSSR count). The van der Waals surface area contributed by atoms with Gasteiger partial charge in [-0.05, 0) is 23.8 Å². The molecule has 0 saturated heterocycles. The van der Waals surface area contributed by atoms with Crippen LogP contribution in [0.4, 0.5) is 0 Å². The van der Waals surface area contributed by atoms with E-state index in [0.29, 0.717) is 11.6 Å². The molecule has 0 fully saturated rings. The number of rotatable bonds is 6. The van der Waals surface area contributed by atoms with Crippen molar-refractivity contribution in [1.82, 2.24) is 19.4 Å². The molecule has 134 valence electrons. The molecular weight excluding hydrogens is 332 g/mol. The van der Waals surface area contributed by atoms with Gasteiger partial charge in [-0.15, -0.1) is 0 Å². The number of methoxy groups -OCH3 is 1. The van der Waals surface area contributed by atoms with Crippen molar-refractivity contribution >= 4 is 5.91 Å². The lowest BCUT2D eigenvalue weighted by atomic mass is 10.1. The highest BCUT2D eigenvalue weighted by Crippen LogP contribution is 2.24. The molecule has 0 saturated carbocycles. The normalized spacial score (nSPS) is 11.8. The molecule has 7 heteroatoms. The Bertz CT molecular complexity index is 961. The van der Waals surface area contributed by atoms with E-state index in [9.17, 15) is 9.59 Å². The lowest BCUT2D eigenvalue weighted by Gasteiger charge is -2.20. The highest BCUT2D eigenvalue weighted by molar-refractivity contribution is 5.76. The topological polar surface area (TPSA) is 78.2 Å². The molecular formula is C19H20N4O3. The van der Waals surface area contributed by atoms with Crippen LogP contribution in [-0.2, 0) is 18.4 Å². The molecule has 1 unspecified atom stereocenters. The second-order valence-corrected chi connectivity index (χ2v) is 5.84. The van der Waals surface area contributed by atoms with Crippen LogP contribution in [0, 0.1) is 0 Å². The van der Waals surface area contributed by atoms with Crippen LogP contribution in [0.5, 0.6) is 5.75 Å². The number of carbonyl (C=O) groups excluding carboxylic acids is 1. The van der Waals surface area contributed by atoms with E-state index >= 15 is 0 Å². The minimum Gasteiger partial charge on any atom is -0.497 e. The SMILES string of the molecule is COc1cccc(C(NC(=O)Cn2ccccc2=O)c2nccn2C)c1. The second kappa shape index (κ2) is 7.69. The first-order chi connectivity index (χ1) is 12.6. The summed E-state index contributed by atoms with van der Waals surface area (Å²) in [6.07, 6.45) is 5.08. The van der Waals surface area contributed by atoms with Crippen molar-refractivity contribution in [3.8, 4) is 5.75 Å². The molecule has 7 nitrogen and oxygen atoms in total. The van der Waals surface area contributed by atoms with E-state index in [1.54, 1.807) is 31.6 Å². The number of pyridine rings is 1. The summed E-state index contributed by atoms with van der Waals surface area (Å²) >= 11 is 0. The fourth-order valence-corrected chi connectivity index (χ4v) is 2.73. The molecule has 1 aromatic carbocycles. The van der Waals surface area contributed by atoms with E-state index in [4.69, 9.17) is 4.74 Å². The van der Waals surface area contributed by atoms with Gasteiger partial charge in [0.1, 0.15) is 24.2 Å². The number of hydrogen-bond acceptors (Lipinski definition) is 4. The third kappa shape index (κ3) is 3.83. The maximum atomic E-state index is 12.6. The van der Waals surface area contributed by atoms with Crippen LogP contribution in [0.15, 0.2) is 65.8 Å². The number of ether oxygens (including phenoxy) is 1. The highest BCUT2D eigenvalue weighted by atomic mass is 16.5. The Balaban J connectivity index is 1.89. The van der Waals surface area contributed by atoms with Gasteiger partial charge in [0.25, 0.3) is 5.56 Å². The largest absolute Gasteiger partial charge is 0.497 e. The predicted molar refractivity (Wildman–Crippen MR) is 96.9 cm³/mol. The Morgan fingerprint density at radius 2 is 2.08 bits per heavy atom.